The Hall–Kier alpha value is -1.95. The molecule has 18 heavy (non-hydrogen) atoms. The van der Waals surface area contributed by atoms with Crippen molar-refractivity contribution < 1.29 is 14.3 Å². The number of aromatic carboxylic acids is 1. The number of hydrogen-bond acceptors (Lipinski definition) is 4. The second kappa shape index (κ2) is 5.59. The molecule has 0 aliphatic rings. The number of benzene rings is 1. The van der Waals surface area contributed by atoms with Crippen LogP contribution < -0.4 is 0 Å². The summed E-state index contributed by atoms with van der Waals surface area (Å²) in [6.45, 7) is 0. The van der Waals surface area contributed by atoms with Crippen molar-refractivity contribution in [2.75, 3.05) is 0 Å². The Labute approximate surface area is 107 Å². The summed E-state index contributed by atoms with van der Waals surface area (Å²) in [5.41, 5.74) is 0.414. The molecule has 1 N–H and O–H groups in total. The standard InChI is InChI=1S/C12H9FN2O2S/c13-10-2-1-8(12(16)17)5-9(10)7-18-11-6-14-3-4-15-11/h1-6H,7H2,(H,16,17). The third-order valence-electron chi connectivity index (χ3n) is 2.21. The first kappa shape index (κ1) is 12.5. The van der Waals surface area contributed by atoms with Gasteiger partial charge in [0.05, 0.1) is 11.8 Å². The predicted molar refractivity (Wildman–Crippen MR) is 65.0 cm³/mol. The highest BCUT2D eigenvalue weighted by Gasteiger charge is 2.09. The van der Waals surface area contributed by atoms with Crippen molar-refractivity contribution in [1.82, 2.24) is 9.97 Å². The Balaban J connectivity index is 2.14. The van der Waals surface area contributed by atoms with Crippen LogP contribution in [0.25, 0.3) is 0 Å². The first-order valence-corrected chi connectivity index (χ1v) is 6.06. The summed E-state index contributed by atoms with van der Waals surface area (Å²) >= 11 is 1.30. The van der Waals surface area contributed by atoms with E-state index in [1.54, 1.807) is 18.6 Å². The molecule has 1 aromatic heterocycles. The summed E-state index contributed by atoms with van der Waals surface area (Å²) in [7, 11) is 0. The molecule has 6 heteroatoms. The molecule has 1 aromatic carbocycles. The van der Waals surface area contributed by atoms with Crippen LogP contribution in [0.5, 0.6) is 0 Å². The number of halogens is 1. The second-order valence-electron chi connectivity index (χ2n) is 3.44. The predicted octanol–water partition coefficient (Wildman–Crippen LogP) is 2.61. The minimum atomic E-state index is -1.07. The first-order chi connectivity index (χ1) is 8.66. The maximum atomic E-state index is 13.5. The molecular formula is C12H9FN2O2S. The molecule has 2 rings (SSSR count). The average Bonchev–Trinajstić information content (AvgIpc) is 2.38. The largest absolute Gasteiger partial charge is 0.478 e. The molecule has 0 saturated heterocycles. The van der Waals surface area contributed by atoms with Gasteiger partial charge in [-0.3, -0.25) is 4.98 Å². The number of thioether (sulfide) groups is 1. The van der Waals surface area contributed by atoms with Crippen LogP contribution >= 0.6 is 11.8 Å². The Kier molecular flexibility index (Phi) is 3.88. The van der Waals surface area contributed by atoms with Crippen molar-refractivity contribution in [3.63, 3.8) is 0 Å². The van der Waals surface area contributed by atoms with Crippen LogP contribution in [0.4, 0.5) is 4.39 Å². The van der Waals surface area contributed by atoms with Gasteiger partial charge in [0, 0.05) is 18.1 Å². The number of rotatable bonds is 4. The zero-order valence-electron chi connectivity index (χ0n) is 9.21. The summed E-state index contributed by atoms with van der Waals surface area (Å²) in [5.74, 6) is -1.18. The molecule has 0 bridgehead atoms. The van der Waals surface area contributed by atoms with Crippen molar-refractivity contribution in [3.8, 4) is 0 Å². The van der Waals surface area contributed by atoms with Gasteiger partial charge in [0.25, 0.3) is 0 Å². The summed E-state index contributed by atoms with van der Waals surface area (Å²) in [6, 6.07) is 3.74. The molecule has 0 aliphatic carbocycles. The number of aromatic nitrogens is 2. The van der Waals surface area contributed by atoms with Gasteiger partial charge in [-0.25, -0.2) is 14.2 Å². The summed E-state index contributed by atoms with van der Waals surface area (Å²) < 4.78 is 13.5. The Morgan fingerprint density at radius 2 is 2.22 bits per heavy atom. The molecule has 0 atom stereocenters. The topological polar surface area (TPSA) is 63.1 Å². The zero-order valence-corrected chi connectivity index (χ0v) is 10.0. The third-order valence-corrected chi connectivity index (χ3v) is 3.17. The van der Waals surface area contributed by atoms with Crippen LogP contribution in [-0.4, -0.2) is 21.0 Å². The molecule has 0 radical (unpaired) electrons. The summed E-state index contributed by atoms with van der Waals surface area (Å²) in [5, 5.41) is 9.50. The minimum absolute atomic E-state index is 0.0751. The van der Waals surface area contributed by atoms with E-state index in [9.17, 15) is 9.18 Å². The van der Waals surface area contributed by atoms with Crippen LogP contribution in [0.3, 0.4) is 0 Å². The number of carboxylic acids is 1. The smallest absolute Gasteiger partial charge is 0.335 e. The Bertz CT molecular complexity index is 563. The van der Waals surface area contributed by atoms with Crippen LogP contribution in [0.15, 0.2) is 41.8 Å². The molecular weight excluding hydrogens is 255 g/mol. The van der Waals surface area contributed by atoms with Gasteiger partial charge in [0.1, 0.15) is 10.8 Å². The third kappa shape index (κ3) is 3.04. The molecule has 0 spiro atoms. The van der Waals surface area contributed by atoms with Crippen LogP contribution in [0.1, 0.15) is 15.9 Å². The fraction of sp³-hybridized carbons (Fsp3) is 0.0833. The lowest BCUT2D eigenvalue weighted by atomic mass is 10.1. The SMILES string of the molecule is O=C(O)c1ccc(F)c(CSc2cnccn2)c1. The molecule has 92 valence electrons. The first-order valence-electron chi connectivity index (χ1n) is 5.07. The maximum Gasteiger partial charge on any atom is 0.335 e. The zero-order chi connectivity index (χ0) is 13.0. The second-order valence-corrected chi connectivity index (χ2v) is 4.44. The van der Waals surface area contributed by atoms with Crippen molar-refractivity contribution >= 4 is 17.7 Å². The van der Waals surface area contributed by atoms with Gasteiger partial charge in [-0.2, -0.15) is 0 Å². The van der Waals surface area contributed by atoms with Gasteiger partial charge >= 0.3 is 5.97 Å². The van der Waals surface area contributed by atoms with Crippen LogP contribution in [0, 0.1) is 5.82 Å². The van der Waals surface area contributed by atoms with E-state index in [0.29, 0.717) is 16.3 Å². The van der Waals surface area contributed by atoms with Gasteiger partial charge in [0.15, 0.2) is 0 Å². The normalized spacial score (nSPS) is 10.3. The van der Waals surface area contributed by atoms with E-state index in [4.69, 9.17) is 5.11 Å². The molecule has 2 aromatic rings. The molecule has 0 saturated carbocycles. The van der Waals surface area contributed by atoms with E-state index < -0.39 is 11.8 Å². The lowest BCUT2D eigenvalue weighted by molar-refractivity contribution is 0.0696. The molecule has 0 aliphatic heterocycles. The lowest BCUT2D eigenvalue weighted by Crippen LogP contribution is -1.99. The number of carbonyl (C=O) groups is 1. The minimum Gasteiger partial charge on any atom is -0.478 e. The van der Waals surface area contributed by atoms with Gasteiger partial charge in [0.2, 0.25) is 0 Å². The highest BCUT2D eigenvalue weighted by Crippen LogP contribution is 2.22. The quantitative estimate of drug-likeness (QED) is 0.860. The monoisotopic (exact) mass is 264 g/mol. The van der Waals surface area contributed by atoms with E-state index in [0.717, 1.165) is 6.07 Å². The van der Waals surface area contributed by atoms with Gasteiger partial charge in [-0.15, -0.1) is 0 Å². The highest BCUT2D eigenvalue weighted by molar-refractivity contribution is 7.98. The number of hydrogen-bond donors (Lipinski definition) is 1. The highest BCUT2D eigenvalue weighted by atomic mass is 32.2. The summed E-state index contributed by atoms with van der Waals surface area (Å²) in [4.78, 5) is 18.7. The number of nitrogens with zero attached hydrogens (tertiary/aromatic N) is 2. The Morgan fingerprint density at radius 1 is 1.39 bits per heavy atom. The summed E-state index contributed by atoms with van der Waals surface area (Å²) in [6.07, 6.45) is 4.67. The van der Waals surface area contributed by atoms with Crippen LogP contribution in [0.2, 0.25) is 0 Å². The van der Waals surface area contributed by atoms with E-state index in [1.165, 1.54) is 23.9 Å². The Morgan fingerprint density at radius 3 is 2.89 bits per heavy atom. The maximum absolute atomic E-state index is 13.5. The number of carboxylic acid groups (broad SMARTS) is 1. The molecule has 4 nitrogen and oxygen atoms in total. The molecule has 1 heterocycles. The van der Waals surface area contributed by atoms with Crippen molar-refractivity contribution in [2.45, 2.75) is 10.8 Å². The van der Waals surface area contributed by atoms with E-state index in [2.05, 4.69) is 9.97 Å². The fourth-order valence-electron chi connectivity index (χ4n) is 1.33. The van der Waals surface area contributed by atoms with Gasteiger partial charge in [-0.05, 0) is 23.8 Å². The van der Waals surface area contributed by atoms with Crippen molar-refractivity contribution in [2.24, 2.45) is 0 Å². The molecule has 0 fully saturated rings. The molecule has 0 amide bonds. The van der Waals surface area contributed by atoms with Gasteiger partial charge in [-0.1, -0.05) is 11.8 Å². The van der Waals surface area contributed by atoms with E-state index >= 15 is 0 Å². The molecule has 0 unspecified atom stereocenters. The average molecular weight is 264 g/mol. The van der Waals surface area contributed by atoms with Crippen molar-refractivity contribution in [3.05, 3.63) is 53.7 Å². The van der Waals surface area contributed by atoms with E-state index in [1.807, 2.05) is 0 Å². The fourth-order valence-corrected chi connectivity index (χ4v) is 2.13. The lowest BCUT2D eigenvalue weighted by Gasteiger charge is -2.04. The van der Waals surface area contributed by atoms with E-state index in [-0.39, 0.29) is 5.56 Å². The van der Waals surface area contributed by atoms with Crippen molar-refractivity contribution in [1.29, 1.82) is 0 Å². The van der Waals surface area contributed by atoms with Crippen LogP contribution in [-0.2, 0) is 5.75 Å². The van der Waals surface area contributed by atoms with Gasteiger partial charge < -0.3 is 5.11 Å².